The zero-order valence-corrected chi connectivity index (χ0v) is 70.8. The third kappa shape index (κ3) is 18.3. The van der Waals surface area contributed by atoms with Gasteiger partial charge in [0.25, 0.3) is 64.6 Å². The number of aryl methyl sites for hydroxylation is 9. The third-order valence-corrected chi connectivity index (χ3v) is 21.6. The highest BCUT2D eigenvalue weighted by Crippen LogP contribution is 2.39. The van der Waals surface area contributed by atoms with Crippen LogP contribution in [0.4, 0.5) is 51.2 Å². The number of pyridine rings is 2. The fourth-order valence-electron chi connectivity index (χ4n) is 15.1. The number of cyclic esters (lactones) is 1. The fraction of sp³-hybridized carbons (Fsp3) is 0.267. The number of anilines is 9. The smallest absolute Gasteiger partial charge is 0.343 e. The highest BCUT2D eigenvalue weighted by Gasteiger charge is 2.46. The quantitative estimate of drug-likeness (QED) is 0.0179. The van der Waals surface area contributed by atoms with Crippen molar-refractivity contribution >= 4 is 139 Å². The minimum atomic E-state index is -1.97. The molecule has 14 rings (SSSR count). The van der Waals surface area contributed by atoms with Gasteiger partial charge in [-0.15, -0.1) is 0 Å². The van der Waals surface area contributed by atoms with Crippen LogP contribution in [0.25, 0.3) is 22.3 Å². The molecule has 0 saturated heterocycles. The van der Waals surface area contributed by atoms with Crippen molar-refractivity contribution in [2.45, 2.75) is 51.4 Å². The molecule has 126 heavy (non-hydrogen) atoms. The maximum Gasteiger partial charge on any atom is 0.343 e. The van der Waals surface area contributed by atoms with E-state index >= 15 is 0 Å². The summed E-state index contributed by atoms with van der Waals surface area (Å²) in [6.07, 6.45) is 15.0. The van der Waals surface area contributed by atoms with Gasteiger partial charge in [0.05, 0.1) is 86.7 Å². The SMILES string of the molecule is CC[C@]1(O)C(=O)OCc2c1cc1n(c2=O)Cc2cc3cc(C(=O)NCC(=O)Nc4cc(C(=O)Nc5cc(C(=O)Nc6cc(C(=O)Nc7cc(C(=O)Nc8cc(C(=O)NCCCC(=O)Nc9cc(C(=O)Nc%10cc(C(=O)Nc%11cc(C(=O)Nc%12cc(C(=O)NCCCN(C)C)n(C)c%12)n(C)c%11)n(C)c%10)n(C)c9)n(C)c8)n(C)c7)n(C)c6)n(C)c5)n(C)c4)ccc3nc2-1. The van der Waals surface area contributed by atoms with Gasteiger partial charge in [-0.05, 0) is 125 Å². The average Bonchev–Trinajstić information content (AvgIpc) is 1.53. The Hall–Kier alpha value is -15.9. The van der Waals surface area contributed by atoms with Crippen LogP contribution in [0.2, 0.25) is 0 Å². The molecule has 1 aromatic carbocycles. The van der Waals surface area contributed by atoms with Crippen molar-refractivity contribution in [1.82, 2.24) is 71.5 Å². The number of amides is 12. The number of rotatable bonds is 30. The van der Waals surface area contributed by atoms with Crippen molar-refractivity contribution in [1.29, 1.82) is 0 Å². The molecule has 11 aromatic heterocycles. The molecule has 40 heteroatoms. The maximum absolute atomic E-state index is 13.7. The third-order valence-electron chi connectivity index (χ3n) is 21.6. The molecule has 0 aliphatic carbocycles. The summed E-state index contributed by atoms with van der Waals surface area (Å²) in [4.78, 5) is 194. The highest BCUT2D eigenvalue weighted by molar-refractivity contribution is 6.12. The number of aromatic nitrogens is 11. The summed E-state index contributed by atoms with van der Waals surface area (Å²) in [5.41, 5.74) is 4.88. The lowest BCUT2D eigenvalue weighted by Gasteiger charge is -2.31. The minimum absolute atomic E-state index is 0.00256. The number of ether oxygens (including phenoxy) is 1. The lowest BCUT2D eigenvalue weighted by atomic mass is 9.86. The maximum atomic E-state index is 13.7. The second-order valence-corrected chi connectivity index (χ2v) is 31.3. The summed E-state index contributed by atoms with van der Waals surface area (Å²) in [5.74, 6) is -6.90. The summed E-state index contributed by atoms with van der Waals surface area (Å²) >= 11 is 0. The van der Waals surface area contributed by atoms with Gasteiger partial charge in [-0.25, -0.2) is 9.78 Å². The average molecular weight is 1720 g/mol. The molecule has 0 saturated carbocycles. The Kier molecular flexibility index (Phi) is 24.2. The highest BCUT2D eigenvalue weighted by atomic mass is 16.6. The van der Waals surface area contributed by atoms with Crippen molar-refractivity contribution in [3.8, 4) is 11.4 Å². The summed E-state index contributed by atoms with van der Waals surface area (Å²) in [5, 5.41) is 45.1. The molecular weight excluding hydrogens is 1630 g/mol. The summed E-state index contributed by atoms with van der Waals surface area (Å²) in [7, 11) is 18.6. The predicted molar refractivity (Wildman–Crippen MR) is 466 cm³/mol. The number of aliphatic hydroxyl groups is 1. The largest absolute Gasteiger partial charge is 0.458 e. The Bertz CT molecular complexity index is 6570. The second kappa shape index (κ2) is 35.3. The Morgan fingerprint density at radius 3 is 1.12 bits per heavy atom. The van der Waals surface area contributed by atoms with Gasteiger partial charge in [-0.2, -0.15) is 0 Å². The topological polar surface area (TPSA) is 478 Å². The molecular formula is C86H92N24O16. The van der Waals surface area contributed by atoms with Gasteiger partial charge in [0, 0.05) is 161 Å². The molecule has 2 aliphatic heterocycles. The van der Waals surface area contributed by atoms with Crippen LogP contribution < -0.4 is 69.4 Å². The number of nitrogens with zero attached hydrogens (tertiary/aromatic N) is 12. The van der Waals surface area contributed by atoms with E-state index in [0.717, 1.165) is 13.0 Å². The summed E-state index contributed by atoms with van der Waals surface area (Å²) in [6, 6.07) is 21.6. The zero-order chi connectivity index (χ0) is 90.2. The van der Waals surface area contributed by atoms with Crippen LogP contribution in [-0.2, 0) is 101 Å². The van der Waals surface area contributed by atoms with Crippen LogP contribution in [-0.4, -0.2) is 178 Å². The summed E-state index contributed by atoms with van der Waals surface area (Å²) < 4.78 is 20.4. The van der Waals surface area contributed by atoms with E-state index in [4.69, 9.17) is 9.72 Å². The van der Waals surface area contributed by atoms with E-state index < -0.39 is 82.7 Å². The molecule has 0 radical (unpaired) electrons. The molecule has 1 atom stereocenters. The van der Waals surface area contributed by atoms with Crippen LogP contribution in [0.3, 0.4) is 0 Å². The van der Waals surface area contributed by atoms with E-state index in [-0.39, 0.29) is 136 Å². The van der Waals surface area contributed by atoms with Gasteiger partial charge in [-0.3, -0.25) is 62.3 Å². The molecule has 13 heterocycles. The second-order valence-electron chi connectivity index (χ2n) is 31.3. The Balaban J connectivity index is 0.492. The number of hydrogen-bond donors (Lipinski definition) is 13. The van der Waals surface area contributed by atoms with E-state index in [1.165, 1.54) is 110 Å². The Morgan fingerprint density at radius 1 is 0.421 bits per heavy atom. The fourth-order valence-corrected chi connectivity index (χ4v) is 15.1. The van der Waals surface area contributed by atoms with Crippen LogP contribution >= 0.6 is 0 Å². The van der Waals surface area contributed by atoms with Crippen molar-refractivity contribution in [2.24, 2.45) is 63.4 Å². The minimum Gasteiger partial charge on any atom is -0.458 e. The van der Waals surface area contributed by atoms with Crippen LogP contribution in [0.1, 0.15) is 154 Å². The lowest BCUT2D eigenvalue weighted by Crippen LogP contribution is -2.44. The van der Waals surface area contributed by atoms with Crippen molar-refractivity contribution in [2.75, 3.05) is 88.1 Å². The van der Waals surface area contributed by atoms with Gasteiger partial charge < -0.3 is 124 Å². The van der Waals surface area contributed by atoms with E-state index in [1.54, 1.807) is 141 Å². The number of carbonyl (C=O) groups excluding carboxylic acids is 13. The first-order valence-electron chi connectivity index (χ1n) is 39.8. The predicted octanol–water partition coefficient (Wildman–Crippen LogP) is 6.09. The number of esters is 1. The van der Waals surface area contributed by atoms with Gasteiger partial charge in [0.2, 0.25) is 11.8 Å². The van der Waals surface area contributed by atoms with Crippen molar-refractivity contribution < 1.29 is 72.2 Å². The van der Waals surface area contributed by atoms with Gasteiger partial charge in [0.15, 0.2) is 5.60 Å². The van der Waals surface area contributed by atoms with Gasteiger partial charge in [-0.1, -0.05) is 6.92 Å². The number of carbonyl (C=O) groups is 13. The first kappa shape index (κ1) is 86.5. The number of hydrogen-bond acceptors (Lipinski definition) is 18. The molecule has 652 valence electrons. The summed E-state index contributed by atoms with van der Waals surface area (Å²) in [6.45, 7) is 2.52. The molecule has 0 unspecified atom stereocenters. The molecule has 2 aliphatic rings. The first-order chi connectivity index (χ1) is 59.9. The molecule has 0 bridgehead atoms. The molecule has 40 nitrogen and oxygen atoms in total. The molecule has 13 N–H and O–H groups in total. The van der Waals surface area contributed by atoms with Gasteiger partial charge >= 0.3 is 5.97 Å². The van der Waals surface area contributed by atoms with Crippen LogP contribution in [0.15, 0.2) is 145 Å². The first-order valence-corrected chi connectivity index (χ1v) is 39.8. The molecule has 12 aromatic rings. The zero-order valence-electron chi connectivity index (χ0n) is 70.8. The molecule has 0 fully saturated rings. The standard InChI is InChI=1S/C86H92N24O16/c1-13-86(125)59-33-61-73-48(35-110(61)84(123)58(59)45-126-85(86)124)23-47-22-46(17-18-60(47)99-73)74(113)89-34-72(112)91-50-25-65(104(7)37-50)78(117)95-54-29-69(108(11)41-54)82(121)98-57-32-70(109(12)44-57)83(122)97-55-30-66(105(8)42-55)79(118)92-51-26-62(101(4)38-51)75(114)87-19-14-16-71(111)90-49-24-64(103(6)36-49)77(116)94-53-28-68(107(10)40-53)81(120)96-56-31-67(106(9)43-56)80(119)93-52-27-63(102(5)39-52)76(115)88-20-15-21-100(2)3/h17-18,22-33,36-44,125H,13-16,19-21,34-35,45H2,1-12H3,(H,87,114)(H,88,115)(H,89,113)(H,90,111)(H,91,112)(H,92,118)(H,93,119)(H,94,116)(H,95,117)(H,96,120)(H,97,122)(H,98,121)/t86-/m1/s1. The van der Waals surface area contributed by atoms with Crippen LogP contribution in [0.5, 0.6) is 0 Å². The van der Waals surface area contributed by atoms with E-state index in [9.17, 15) is 72.2 Å². The number of benzene rings is 1. The monoisotopic (exact) mass is 1720 g/mol. The van der Waals surface area contributed by atoms with Crippen LogP contribution in [0, 0.1) is 0 Å². The number of fused-ring (bicyclic) bond motifs is 5. The van der Waals surface area contributed by atoms with E-state index in [2.05, 4.69) is 63.8 Å². The Labute approximate surface area is 718 Å². The molecule has 12 amide bonds. The van der Waals surface area contributed by atoms with Crippen molar-refractivity contribution in [3.05, 3.63) is 225 Å². The lowest BCUT2D eigenvalue weighted by molar-refractivity contribution is -0.172. The van der Waals surface area contributed by atoms with Gasteiger partial charge in [0.1, 0.15) is 57.9 Å². The number of nitrogens with one attached hydrogen (secondary N) is 12. The van der Waals surface area contributed by atoms with E-state index in [0.29, 0.717) is 68.5 Å². The van der Waals surface area contributed by atoms with Crippen molar-refractivity contribution in [3.63, 3.8) is 0 Å². The Morgan fingerprint density at radius 2 is 0.762 bits per heavy atom. The normalized spacial score (nSPS) is 13.1. The molecule has 0 spiro atoms. The van der Waals surface area contributed by atoms with E-state index in [1.807, 2.05) is 25.1 Å².